The SMILES string of the molecule is COC[C@H](O)CN(C)C(=O)NC1CCN(S(C)(=O)=O)CC1. The number of nitrogens with zero attached hydrogens (tertiary/aromatic N) is 2. The number of carbonyl (C=O) groups is 1. The molecular weight excluding hydrogens is 298 g/mol. The molecule has 0 radical (unpaired) electrons. The fraction of sp³-hybridized carbons (Fsp3) is 0.917. The number of likely N-dealkylation sites (N-methyl/N-ethyl adjacent to an activating group) is 1. The number of rotatable bonds is 6. The van der Waals surface area contributed by atoms with Gasteiger partial charge in [-0.25, -0.2) is 17.5 Å². The summed E-state index contributed by atoms with van der Waals surface area (Å²) in [7, 11) is -0.0710. The van der Waals surface area contributed by atoms with Gasteiger partial charge in [0.2, 0.25) is 10.0 Å². The second kappa shape index (κ2) is 7.92. The summed E-state index contributed by atoms with van der Waals surface area (Å²) in [6, 6.07) is -0.319. The third-order valence-corrected chi connectivity index (χ3v) is 4.74. The highest BCUT2D eigenvalue weighted by atomic mass is 32.2. The van der Waals surface area contributed by atoms with Crippen LogP contribution in [0.2, 0.25) is 0 Å². The fourth-order valence-corrected chi connectivity index (χ4v) is 3.13. The molecule has 2 N–H and O–H groups in total. The molecule has 1 saturated heterocycles. The normalized spacial score (nSPS) is 19.2. The van der Waals surface area contributed by atoms with E-state index in [9.17, 15) is 18.3 Å². The molecule has 0 bridgehead atoms. The quantitative estimate of drug-likeness (QED) is 0.657. The lowest BCUT2D eigenvalue weighted by Crippen LogP contribution is -2.50. The van der Waals surface area contributed by atoms with Crippen LogP contribution in [0, 0.1) is 0 Å². The van der Waals surface area contributed by atoms with Crippen molar-refractivity contribution in [2.24, 2.45) is 0 Å². The summed E-state index contributed by atoms with van der Waals surface area (Å²) in [5.74, 6) is 0. The lowest BCUT2D eigenvalue weighted by atomic mass is 10.1. The van der Waals surface area contributed by atoms with Gasteiger partial charge in [-0.15, -0.1) is 0 Å². The molecule has 0 saturated carbocycles. The van der Waals surface area contributed by atoms with Gasteiger partial charge in [0.1, 0.15) is 0 Å². The molecule has 0 aliphatic carbocycles. The molecule has 0 unspecified atom stereocenters. The molecule has 21 heavy (non-hydrogen) atoms. The molecule has 1 rings (SSSR count). The van der Waals surface area contributed by atoms with Gasteiger partial charge in [-0.2, -0.15) is 0 Å². The monoisotopic (exact) mass is 323 g/mol. The van der Waals surface area contributed by atoms with Crippen molar-refractivity contribution in [3.63, 3.8) is 0 Å². The van der Waals surface area contributed by atoms with Crippen LogP contribution >= 0.6 is 0 Å². The summed E-state index contributed by atoms with van der Waals surface area (Å²) < 4.78 is 29.0. The van der Waals surface area contributed by atoms with E-state index in [1.807, 2.05) is 0 Å². The number of aliphatic hydroxyl groups excluding tert-OH is 1. The Kier molecular flexibility index (Phi) is 6.85. The summed E-state index contributed by atoms with van der Waals surface area (Å²) in [5, 5.41) is 12.4. The Hall–Kier alpha value is -0.900. The maximum absolute atomic E-state index is 12.0. The van der Waals surface area contributed by atoms with Crippen molar-refractivity contribution in [2.75, 3.05) is 46.7 Å². The van der Waals surface area contributed by atoms with Crippen LogP contribution in [0.4, 0.5) is 4.79 Å². The van der Waals surface area contributed by atoms with Gasteiger partial charge in [0, 0.05) is 33.3 Å². The fourth-order valence-electron chi connectivity index (χ4n) is 2.26. The van der Waals surface area contributed by atoms with Crippen LogP contribution in [0.1, 0.15) is 12.8 Å². The zero-order valence-corrected chi connectivity index (χ0v) is 13.6. The summed E-state index contributed by atoms with van der Waals surface area (Å²) in [5.41, 5.74) is 0. The van der Waals surface area contributed by atoms with E-state index < -0.39 is 16.1 Å². The minimum Gasteiger partial charge on any atom is -0.389 e. The molecule has 0 aromatic heterocycles. The van der Waals surface area contributed by atoms with Crippen molar-refractivity contribution in [1.82, 2.24) is 14.5 Å². The van der Waals surface area contributed by atoms with Crippen molar-refractivity contribution in [3.8, 4) is 0 Å². The average molecular weight is 323 g/mol. The lowest BCUT2D eigenvalue weighted by Gasteiger charge is -2.32. The van der Waals surface area contributed by atoms with E-state index in [-0.39, 0.29) is 25.2 Å². The van der Waals surface area contributed by atoms with Gasteiger partial charge in [0.05, 0.1) is 25.5 Å². The predicted molar refractivity (Wildman–Crippen MR) is 78.5 cm³/mol. The molecule has 0 aromatic rings. The van der Waals surface area contributed by atoms with Crippen molar-refractivity contribution < 1.29 is 23.1 Å². The highest BCUT2D eigenvalue weighted by molar-refractivity contribution is 7.88. The lowest BCUT2D eigenvalue weighted by molar-refractivity contribution is 0.0485. The van der Waals surface area contributed by atoms with Crippen LogP contribution in [0.3, 0.4) is 0 Å². The first-order chi connectivity index (χ1) is 9.74. The first-order valence-electron chi connectivity index (χ1n) is 6.87. The summed E-state index contributed by atoms with van der Waals surface area (Å²) in [6.07, 6.45) is 1.65. The summed E-state index contributed by atoms with van der Waals surface area (Å²) >= 11 is 0. The van der Waals surface area contributed by atoms with E-state index >= 15 is 0 Å². The molecule has 0 spiro atoms. The second-order valence-corrected chi connectivity index (χ2v) is 7.36. The number of ether oxygens (including phenoxy) is 1. The van der Waals surface area contributed by atoms with E-state index in [1.54, 1.807) is 7.05 Å². The molecule has 1 heterocycles. The average Bonchev–Trinajstić information content (AvgIpc) is 2.38. The number of aliphatic hydroxyl groups is 1. The molecule has 8 nitrogen and oxygen atoms in total. The molecule has 9 heteroatoms. The Morgan fingerprint density at radius 3 is 2.52 bits per heavy atom. The maximum Gasteiger partial charge on any atom is 0.317 e. The highest BCUT2D eigenvalue weighted by Crippen LogP contribution is 2.13. The van der Waals surface area contributed by atoms with Crippen molar-refractivity contribution in [3.05, 3.63) is 0 Å². The van der Waals surface area contributed by atoms with Gasteiger partial charge in [-0.3, -0.25) is 0 Å². The minimum absolute atomic E-state index is 0.0440. The first-order valence-corrected chi connectivity index (χ1v) is 8.72. The Balaban J connectivity index is 2.36. The number of piperidine rings is 1. The smallest absolute Gasteiger partial charge is 0.317 e. The molecule has 1 aliphatic rings. The Morgan fingerprint density at radius 2 is 2.05 bits per heavy atom. The Labute approximate surface area is 126 Å². The molecule has 2 amide bonds. The third kappa shape index (κ3) is 6.16. The van der Waals surface area contributed by atoms with Crippen molar-refractivity contribution >= 4 is 16.1 Å². The summed E-state index contributed by atoms with van der Waals surface area (Å²) in [4.78, 5) is 13.4. The zero-order valence-electron chi connectivity index (χ0n) is 12.8. The van der Waals surface area contributed by atoms with Gasteiger partial charge in [0.25, 0.3) is 0 Å². The molecular formula is C12H25N3O5S. The van der Waals surface area contributed by atoms with Crippen LogP contribution in [0.15, 0.2) is 0 Å². The van der Waals surface area contributed by atoms with E-state index in [2.05, 4.69) is 5.32 Å². The van der Waals surface area contributed by atoms with Crippen LogP contribution in [-0.4, -0.2) is 87.6 Å². The highest BCUT2D eigenvalue weighted by Gasteiger charge is 2.26. The number of hydrogen-bond donors (Lipinski definition) is 2. The Bertz CT molecular complexity index is 434. The number of nitrogens with one attached hydrogen (secondary N) is 1. The number of hydrogen-bond acceptors (Lipinski definition) is 5. The summed E-state index contributed by atoms with van der Waals surface area (Å²) in [6.45, 7) is 1.19. The number of amides is 2. The van der Waals surface area contributed by atoms with Crippen LogP contribution in [0.25, 0.3) is 0 Å². The first kappa shape index (κ1) is 18.1. The number of sulfonamides is 1. The standard InChI is InChI=1S/C12H25N3O5S/c1-14(8-11(16)9-20-2)12(17)13-10-4-6-15(7-5-10)21(3,18)19/h10-11,16H,4-9H2,1-3H3,(H,13,17)/t11-/m1/s1. The predicted octanol–water partition coefficient (Wildman–Crippen LogP) is -0.941. The number of carbonyl (C=O) groups excluding carboxylic acids is 1. The molecule has 124 valence electrons. The van der Waals surface area contributed by atoms with Gasteiger partial charge in [0.15, 0.2) is 0 Å². The van der Waals surface area contributed by atoms with E-state index in [1.165, 1.54) is 22.6 Å². The molecule has 1 aliphatic heterocycles. The molecule has 1 fully saturated rings. The second-order valence-electron chi connectivity index (χ2n) is 5.38. The van der Waals surface area contributed by atoms with Gasteiger partial charge < -0.3 is 20.1 Å². The zero-order chi connectivity index (χ0) is 16.0. The van der Waals surface area contributed by atoms with Crippen LogP contribution < -0.4 is 5.32 Å². The van der Waals surface area contributed by atoms with Crippen LogP contribution in [-0.2, 0) is 14.8 Å². The molecule has 0 aromatic carbocycles. The largest absolute Gasteiger partial charge is 0.389 e. The van der Waals surface area contributed by atoms with Crippen molar-refractivity contribution in [1.29, 1.82) is 0 Å². The van der Waals surface area contributed by atoms with Crippen molar-refractivity contribution in [2.45, 2.75) is 25.0 Å². The number of urea groups is 1. The van der Waals surface area contributed by atoms with E-state index in [4.69, 9.17) is 4.74 Å². The number of methoxy groups -OCH3 is 1. The van der Waals surface area contributed by atoms with E-state index in [0.717, 1.165) is 0 Å². The minimum atomic E-state index is -3.15. The van der Waals surface area contributed by atoms with Gasteiger partial charge >= 0.3 is 6.03 Å². The third-order valence-electron chi connectivity index (χ3n) is 3.44. The van der Waals surface area contributed by atoms with Gasteiger partial charge in [-0.1, -0.05) is 0 Å². The van der Waals surface area contributed by atoms with Gasteiger partial charge in [-0.05, 0) is 12.8 Å². The Morgan fingerprint density at radius 1 is 1.48 bits per heavy atom. The maximum atomic E-state index is 12.0. The van der Waals surface area contributed by atoms with Crippen LogP contribution in [0.5, 0.6) is 0 Å². The van der Waals surface area contributed by atoms with E-state index in [0.29, 0.717) is 25.9 Å². The molecule has 1 atom stereocenters. The topological polar surface area (TPSA) is 99.2 Å².